The predicted molar refractivity (Wildman–Crippen MR) is 62.7 cm³/mol. The number of aromatic nitrogens is 1. The van der Waals surface area contributed by atoms with E-state index in [1.165, 1.54) is 18.3 Å². The number of anilines is 1. The van der Waals surface area contributed by atoms with Gasteiger partial charge in [-0.05, 0) is 19.1 Å². The van der Waals surface area contributed by atoms with Crippen molar-refractivity contribution in [3.8, 4) is 0 Å². The second-order valence-corrected chi connectivity index (χ2v) is 3.53. The SMILES string of the molecule is CCOC(=O)c1cccnc1NCC(F)(F)CN. The molecule has 0 aliphatic carbocycles. The zero-order valence-corrected chi connectivity index (χ0v) is 9.95. The second-order valence-electron chi connectivity index (χ2n) is 3.53. The van der Waals surface area contributed by atoms with Gasteiger partial charge in [-0.2, -0.15) is 0 Å². The Balaban J connectivity index is 2.79. The highest BCUT2D eigenvalue weighted by Gasteiger charge is 2.27. The summed E-state index contributed by atoms with van der Waals surface area (Å²) in [4.78, 5) is 15.4. The quantitative estimate of drug-likeness (QED) is 0.752. The average molecular weight is 259 g/mol. The summed E-state index contributed by atoms with van der Waals surface area (Å²) in [6.45, 7) is 0.393. The number of rotatable bonds is 6. The minimum Gasteiger partial charge on any atom is -0.462 e. The number of alkyl halides is 2. The van der Waals surface area contributed by atoms with Crippen LogP contribution in [0, 0.1) is 0 Å². The molecule has 0 unspecified atom stereocenters. The van der Waals surface area contributed by atoms with Crippen molar-refractivity contribution in [2.75, 3.05) is 25.0 Å². The standard InChI is InChI=1S/C11H15F2N3O2/c1-2-18-10(17)8-4-3-5-15-9(8)16-7-11(12,13)6-14/h3-5H,2,6-7,14H2,1H3,(H,15,16). The molecule has 0 bridgehead atoms. The lowest BCUT2D eigenvalue weighted by Gasteiger charge is -2.16. The van der Waals surface area contributed by atoms with Crippen LogP contribution in [0.1, 0.15) is 17.3 Å². The molecule has 1 aromatic heterocycles. The summed E-state index contributed by atoms with van der Waals surface area (Å²) in [6, 6.07) is 2.98. The minimum atomic E-state index is -3.05. The summed E-state index contributed by atoms with van der Waals surface area (Å²) in [6.07, 6.45) is 1.39. The Bertz CT molecular complexity index is 413. The van der Waals surface area contributed by atoms with Gasteiger partial charge in [0.1, 0.15) is 11.4 Å². The summed E-state index contributed by atoms with van der Waals surface area (Å²) < 4.78 is 30.8. The van der Waals surface area contributed by atoms with Crippen molar-refractivity contribution in [1.82, 2.24) is 4.98 Å². The van der Waals surface area contributed by atoms with Crippen LogP contribution in [-0.2, 0) is 4.74 Å². The molecule has 0 aliphatic heterocycles. The highest BCUT2D eigenvalue weighted by Crippen LogP contribution is 2.16. The first kappa shape index (κ1) is 14.3. The summed E-state index contributed by atoms with van der Waals surface area (Å²) in [7, 11) is 0. The summed E-state index contributed by atoms with van der Waals surface area (Å²) >= 11 is 0. The Labute approximate surface area is 103 Å². The van der Waals surface area contributed by atoms with E-state index in [2.05, 4.69) is 10.3 Å². The Morgan fingerprint density at radius 3 is 2.94 bits per heavy atom. The third-order valence-corrected chi connectivity index (χ3v) is 2.12. The third-order valence-electron chi connectivity index (χ3n) is 2.12. The lowest BCUT2D eigenvalue weighted by atomic mass is 10.2. The number of nitrogens with zero attached hydrogens (tertiary/aromatic N) is 1. The predicted octanol–water partition coefficient (Wildman–Crippen LogP) is 1.26. The number of nitrogens with two attached hydrogens (primary N) is 1. The molecular formula is C11H15F2N3O2. The number of carbonyl (C=O) groups is 1. The van der Waals surface area contributed by atoms with E-state index in [1.54, 1.807) is 6.92 Å². The highest BCUT2D eigenvalue weighted by molar-refractivity contribution is 5.94. The monoisotopic (exact) mass is 259 g/mol. The molecule has 1 heterocycles. The molecule has 0 aliphatic rings. The number of ether oxygens (including phenoxy) is 1. The number of halogens is 2. The third kappa shape index (κ3) is 3.92. The Kier molecular flexibility index (Phi) is 4.96. The number of pyridine rings is 1. The molecule has 0 fully saturated rings. The van der Waals surface area contributed by atoms with E-state index in [-0.39, 0.29) is 18.0 Å². The van der Waals surface area contributed by atoms with Crippen LogP contribution >= 0.6 is 0 Å². The van der Waals surface area contributed by atoms with Crippen molar-refractivity contribution in [3.05, 3.63) is 23.9 Å². The maximum Gasteiger partial charge on any atom is 0.341 e. The van der Waals surface area contributed by atoms with Crippen LogP contribution in [0.2, 0.25) is 0 Å². The van der Waals surface area contributed by atoms with E-state index >= 15 is 0 Å². The molecule has 1 rings (SSSR count). The van der Waals surface area contributed by atoms with Gasteiger partial charge in [-0.3, -0.25) is 0 Å². The molecule has 0 radical (unpaired) electrons. The van der Waals surface area contributed by atoms with Crippen LogP contribution < -0.4 is 11.1 Å². The van der Waals surface area contributed by atoms with Crippen LogP contribution in [0.4, 0.5) is 14.6 Å². The van der Waals surface area contributed by atoms with E-state index in [4.69, 9.17) is 10.5 Å². The lowest BCUT2D eigenvalue weighted by Crippen LogP contribution is -2.35. The zero-order valence-electron chi connectivity index (χ0n) is 9.95. The van der Waals surface area contributed by atoms with Gasteiger partial charge in [0, 0.05) is 6.20 Å². The van der Waals surface area contributed by atoms with Gasteiger partial charge in [0.05, 0.1) is 19.7 Å². The number of carbonyl (C=O) groups excluding carboxylic acids is 1. The molecule has 0 aromatic carbocycles. The van der Waals surface area contributed by atoms with E-state index in [9.17, 15) is 13.6 Å². The highest BCUT2D eigenvalue weighted by atomic mass is 19.3. The van der Waals surface area contributed by atoms with Gasteiger partial charge in [-0.25, -0.2) is 18.6 Å². The number of nitrogens with one attached hydrogen (secondary N) is 1. The summed E-state index contributed by atoms with van der Waals surface area (Å²) in [5.41, 5.74) is 5.03. The molecule has 0 atom stereocenters. The molecule has 0 amide bonds. The van der Waals surface area contributed by atoms with Crippen LogP contribution in [0.15, 0.2) is 18.3 Å². The topological polar surface area (TPSA) is 77.2 Å². The van der Waals surface area contributed by atoms with Gasteiger partial charge in [0.25, 0.3) is 5.92 Å². The minimum absolute atomic E-state index is 0.0593. The molecule has 100 valence electrons. The van der Waals surface area contributed by atoms with Crippen molar-refractivity contribution in [2.45, 2.75) is 12.8 Å². The van der Waals surface area contributed by atoms with Gasteiger partial charge in [-0.1, -0.05) is 0 Å². The van der Waals surface area contributed by atoms with Crippen LogP contribution in [0.5, 0.6) is 0 Å². The zero-order chi connectivity index (χ0) is 13.6. The second kappa shape index (κ2) is 6.25. The van der Waals surface area contributed by atoms with Gasteiger partial charge in [-0.15, -0.1) is 0 Å². The lowest BCUT2D eigenvalue weighted by molar-refractivity contribution is 0.0251. The number of hydrogen-bond acceptors (Lipinski definition) is 5. The molecule has 1 aromatic rings. The average Bonchev–Trinajstić information content (AvgIpc) is 2.37. The smallest absolute Gasteiger partial charge is 0.341 e. The van der Waals surface area contributed by atoms with Crippen LogP contribution in [0.3, 0.4) is 0 Å². The van der Waals surface area contributed by atoms with Crippen molar-refractivity contribution in [3.63, 3.8) is 0 Å². The molecule has 18 heavy (non-hydrogen) atoms. The van der Waals surface area contributed by atoms with Gasteiger partial charge in [0.15, 0.2) is 0 Å². The normalized spacial score (nSPS) is 11.1. The summed E-state index contributed by atoms with van der Waals surface area (Å²) in [5, 5.41) is 2.40. The van der Waals surface area contributed by atoms with Crippen molar-refractivity contribution < 1.29 is 18.3 Å². The Hall–Kier alpha value is -1.76. The molecular weight excluding hydrogens is 244 g/mol. The number of hydrogen-bond donors (Lipinski definition) is 2. The van der Waals surface area contributed by atoms with E-state index in [1.807, 2.05) is 0 Å². The Morgan fingerprint density at radius 1 is 1.61 bits per heavy atom. The maximum absolute atomic E-state index is 13.0. The van der Waals surface area contributed by atoms with Gasteiger partial charge in [0.2, 0.25) is 0 Å². The van der Waals surface area contributed by atoms with Crippen molar-refractivity contribution in [2.24, 2.45) is 5.73 Å². The van der Waals surface area contributed by atoms with Crippen molar-refractivity contribution >= 4 is 11.8 Å². The van der Waals surface area contributed by atoms with Crippen LogP contribution in [0.25, 0.3) is 0 Å². The molecule has 3 N–H and O–H groups in total. The van der Waals surface area contributed by atoms with E-state index in [0.717, 1.165) is 0 Å². The first-order valence-corrected chi connectivity index (χ1v) is 5.44. The molecule has 0 spiro atoms. The first-order chi connectivity index (χ1) is 8.50. The largest absolute Gasteiger partial charge is 0.462 e. The fourth-order valence-electron chi connectivity index (χ4n) is 1.20. The maximum atomic E-state index is 13.0. The molecule has 0 saturated carbocycles. The first-order valence-electron chi connectivity index (χ1n) is 5.44. The van der Waals surface area contributed by atoms with Crippen molar-refractivity contribution in [1.29, 1.82) is 0 Å². The molecule has 0 saturated heterocycles. The Morgan fingerprint density at radius 2 is 2.33 bits per heavy atom. The van der Waals surface area contributed by atoms with E-state index < -0.39 is 25.0 Å². The van der Waals surface area contributed by atoms with Gasteiger partial charge >= 0.3 is 5.97 Å². The van der Waals surface area contributed by atoms with Crippen LogP contribution in [-0.4, -0.2) is 36.6 Å². The molecule has 7 heteroatoms. The van der Waals surface area contributed by atoms with E-state index in [0.29, 0.717) is 0 Å². The fraction of sp³-hybridized carbons (Fsp3) is 0.455. The number of esters is 1. The summed E-state index contributed by atoms with van der Waals surface area (Å²) in [5.74, 6) is -3.60. The fourth-order valence-corrected chi connectivity index (χ4v) is 1.20. The van der Waals surface area contributed by atoms with Gasteiger partial charge < -0.3 is 15.8 Å². The molecule has 5 nitrogen and oxygen atoms in total.